The summed E-state index contributed by atoms with van der Waals surface area (Å²) in [6.07, 6.45) is 0.925. The van der Waals surface area contributed by atoms with Crippen LogP contribution in [-0.2, 0) is 6.42 Å². The van der Waals surface area contributed by atoms with Gasteiger partial charge in [-0.2, -0.15) is 10.5 Å². The van der Waals surface area contributed by atoms with Crippen molar-refractivity contribution in [3.8, 4) is 12.1 Å². The molecule has 1 aliphatic rings. The van der Waals surface area contributed by atoms with Crippen molar-refractivity contribution in [2.24, 2.45) is 5.41 Å². The van der Waals surface area contributed by atoms with E-state index in [4.69, 9.17) is 27.6 Å². The molecule has 0 radical (unpaired) electrons. The Balaban J connectivity index is 2.50. The predicted molar refractivity (Wildman–Crippen MR) is 82.1 cm³/mol. The smallest absolute Gasteiger partial charge is 0.167 e. The van der Waals surface area contributed by atoms with Crippen LogP contribution in [0.2, 0.25) is 10.0 Å². The molecule has 0 spiro atoms. The van der Waals surface area contributed by atoms with Gasteiger partial charge in [-0.05, 0) is 5.41 Å². The van der Waals surface area contributed by atoms with Crippen molar-refractivity contribution in [2.75, 3.05) is 0 Å². The lowest BCUT2D eigenvalue weighted by Crippen LogP contribution is -2.25. The van der Waals surface area contributed by atoms with E-state index in [0.717, 1.165) is 0 Å². The minimum absolute atomic E-state index is 0.0190. The van der Waals surface area contributed by atoms with Crippen molar-refractivity contribution in [1.82, 2.24) is 0 Å². The first kappa shape index (κ1) is 14.9. The fraction of sp³-hybridized carbons (Fsp3) is 0.312. The number of carbonyl (C=O) groups excluding carboxylic acids is 1. The Morgan fingerprint density at radius 3 is 2.32 bits per heavy atom. The van der Waals surface area contributed by atoms with Crippen molar-refractivity contribution in [3.05, 3.63) is 32.5 Å². The summed E-state index contributed by atoms with van der Waals surface area (Å²) in [5, 5.41) is 19.0. The van der Waals surface area contributed by atoms with Gasteiger partial charge < -0.3 is 4.42 Å². The summed E-state index contributed by atoms with van der Waals surface area (Å²) in [7, 11) is 0. The maximum atomic E-state index is 12.5. The number of rotatable bonds is 0. The van der Waals surface area contributed by atoms with Gasteiger partial charge >= 0.3 is 0 Å². The van der Waals surface area contributed by atoms with Gasteiger partial charge in [0.15, 0.2) is 11.4 Å². The third-order valence-corrected chi connectivity index (χ3v) is 4.72. The third-order valence-electron chi connectivity index (χ3n) is 3.87. The number of hydrogen-bond donors (Lipinski definition) is 0. The Hall–Kier alpha value is -2.01. The number of Topliss-reactive ketones (excluding diaryl/α,β-unsaturated/α-hetero) is 1. The average Bonchev–Trinajstić information content (AvgIpc) is 2.80. The summed E-state index contributed by atoms with van der Waals surface area (Å²) in [5.41, 5.74) is 0.331. The zero-order valence-electron chi connectivity index (χ0n) is 11.9. The summed E-state index contributed by atoms with van der Waals surface area (Å²) in [6.45, 7) is 3.95. The number of fused-ring (bicyclic) bond motifs is 3. The molecule has 0 bridgehead atoms. The maximum Gasteiger partial charge on any atom is 0.167 e. The van der Waals surface area contributed by atoms with E-state index in [1.54, 1.807) is 0 Å². The molecule has 0 aliphatic heterocycles. The van der Waals surface area contributed by atoms with E-state index >= 15 is 0 Å². The molecule has 6 heteroatoms. The second-order valence-corrected chi connectivity index (χ2v) is 6.90. The first-order valence-corrected chi connectivity index (χ1v) is 7.36. The van der Waals surface area contributed by atoms with E-state index in [1.807, 2.05) is 26.0 Å². The summed E-state index contributed by atoms with van der Waals surface area (Å²) in [6, 6.07) is 3.80. The van der Waals surface area contributed by atoms with Crippen LogP contribution >= 0.6 is 23.2 Å². The number of halogens is 2. The highest BCUT2D eigenvalue weighted by atomic mass is 35.5. The second-order valence-electron chi connectivity index (χ2n) is 6.15. The number of benzene rings is 1. The van der Waals surface area contributed by atoms with E-state index in [-0.39, 0.29) is 38.0 Å². The minimum Gasteiger partial charge on any atom is -0.459 e. The number of carbonyl (C=O) groups is 1. The van der Waals surface area contributed by atoms with Crippen LogP contribution < -0.4 is 0 Å². The maximum absolute atomic E-state index is 12.5. The Morgan fingerprint density at radius 1 is 1.09 bits per heavy atom. The van der Waals surface area contributed by atoms with Crippen LogP contribution in [0.5, 0.6) is 0 Å². The Bertz CT molecular complexity index is 927. The normalized spacial score (nSPS) is 16.2. The van der Waals surface area contributed by atoms with Crippen LogP contribution in [0.15, 0.2) is 4.42 Å². The lowest BCUT2D eigenvalue weighted by Gasteiger charge is -2.27. The molecule has 0 atom stereocenters. The van der Waals surface area contributed by atoms with Crippen LogP contribution in [0.4, 0.5) is 0 Å². The highest BCUT2D eigenvalue weighted by Gasteiger charge is 2.37. The van der Waals surface area contributed by atoms with E-state index in [0.29, 0.717) is 29.6 Å². The molecule has 0 N–H and O–H groups in total. The van der Waals surface area contributed by atoms with Crippen molar-refractivity contribution < 1.29 is 9.21 Å². The molecule has 0 fully saturated rings. The Morgan fingerprint density at radius 2 is 1.73 bits per heavy atom. The van der Waals surface area contributed by atoms with Gasteiger partial charge in [0.05, 0.1) is 26.6 Å². The fourth-order valence-electron chi connectivity index (χ4n) is 2.96. The molecule has 1 aliphatic carbocycles. The first-order chi connectivity index (χ1) is 10.3. The summed E-state index contributed by atoms with van der Waals surface area (Å²) in [5.74, 6) is 0.414. The molecular weight excluding hydrogens is 323 g/mol. The quantitative estimate of drug-likeness (QED) is 0.704. The number of hydrogen-bond acceptors (Lipinski definition) is 4. The standard InChI is InChI=1S/C16H10Cl2N2O2/c1-16(2)3-9(21)11-10(4-16)22-15-8(6-20)7(5-19)13(17)14(18)12(11)15/h3-4H2,1-2H3. The molecule has 2 aromatic rings. The lowest BCUT2D eigenvalue weighted by atomic mass is 9.76. The van der Waals surface area contributed by atoms with E-state index in [2.05, 4.69) is 0 Å². The summed E-state index contributed by atoms with van der Waals surface area (Å²) >= 11 is 12.3. The van der Waals surface area contributed by atoms with Gasteiger partial charge in [-0.25, -0.2) is 0 Å². The van der Waals surface area contributed by atoms with Gasteiger partial charge in [-0.15, -0.1) is 0 Å². The fourth-order valence-corrected chi connectivity index (χ4v) is 3.46. The van der Waals surface area contributed by atoms with Gasteiger partial charge in [-0.3, -0.25) is 4.79 Å². The van der Waals surface area contributed by atoms with Gasteiger partial charge in [0.25, 0.3) is 0 Å². The third kappa shape index (κ3) is 1.92. The van der Waals surface area contributed by atoms with Gasteiger partial charge in [0.2, 0.25) is 0 Å². The zero-order chi connectivity index (χ0) is 16.2. The van der Waals surface area contributed by atoms with E-state index in [9.17, 15) is 15.3 Å². The molecule has 3 rings (SSSR count). The zero-order valence-corrected chi connectivity index (χ0v) is 13.4. The Labute approximate surface area is 136 Å². The SMILES string of the molecule is CC1(C)CC(=O)c2c(oc3c(C#N)c(C#N)c(Cl)c(Cl)c23)C1. The molecule has 4 nitrogen and oxygen atoms in total. The van der Waals surface area contributed by atoms with Gasteiger partial charge in [0, 0.05) is 12.8 Å². The Kier molecular flexibility index (Phi) is 3.22. The molecule has 0 saturated heterocycles. The van der Waals surface area contributed by atoms with Crippen molar-refractivity contribution in [1.29, 1.82) is 10.5 Å². The number of nitriles is 2. The molecule has 0 amide bonds. The van der Waals surface area contributed by atoms with Crippen LogP contribution in [0.1, 0.15) is 47.5 Å². The van der Waals surface area contributed by atoms with E-state index < -0.39 is 0 Å². The summed E-state index contributed by atoms with van der Waals surface area (Å²) < 4.78 is 5.76. The van der Waals surface area contributed by atoms with E-state index in [1.165, 1.54) is 0 Å². The van der Waals surface area contributed by atoms with Crippen LogP contribution in [0, 0.1) is 28.1 Å². The lowest BCUT2D eigenvalue weighted by molar-refractivity contribution is 0.0906. The number of ketones is 1. The molecule has 0 saturated carbocycles. The average molecular weight is 333 g/mol. The predicted octanol–water partition coefficient (Wildman–Crippen LogP) is 4.64. The first-order valence-electron chi connectivity index (χ1n) is 6.60. The largest absolute Gasteiger partial charge is 0.459 e. The molecule has 22 heavy (non-hydrogen) atoms. The molecule has 110 valence electrons. The van der Waals surface area contributed by atoms with Crippen molar-refractivity contribution in [2.45, 2.75) is 26.7 Å². The highest BCUT2D eigenvalue weighted by molar-refractivity contribution is 6.47. The molecule has 1 aromatic heterocycles. The van der Waals surface area contributed by atoms with Gasteiger partial charge in [0.1, 0.15) is 23.5 Å². The summed E-state index contributed by atoms with van der Waals surface area (Å²) in [4.78, 5) is 12.5. The van der Waals surface area contributed by atoms with Crippen LogP contribution in [-0.4, -0.2) is 5.78 Å². The van der Waals surface area contributed by atoms with Crippen LogP contribution in [0.3, 0.4) is 0 Å². The van der Waals surface area contributed by atoms with Crippen LogP contribution in [0.25, 0.3) is 11.0 Å². The monoisotopic (exact) mass is 332 g/mol. The molecule has 1 heterocycles. The molecule has 1 aromatic carbocycles. The van der Waals surface area contributed by atoms with Gasteiger partial charge in [-0.1, -0.05) is 37.0 Å². The molecular formula is C16H10Cl2N2O2. The number of nitrogens with zero attached hydrogens (tertiary/aromatic N) is 2. The topological polar surface area (TPSA) is 77.8 Å². The second kappa shape index (κ2) is 4.74. The highest BCUT2D eigenvalue weighted by Crippen LogP contribution is 2.45. The van der Waals surface area contributed by atoms with Crippen molar-refractivity contribution >= 4 is 40.0 Å². The molecule has 0 unspecified atom stereocenters. The number of furan rings is 1. The van der Waals surface area contributed by atoms with Crippen molar-refractivity contribution in [3.63, 3.8) is 0 Å². The minimum atomic E-state index is -0.223.